The molecule has 1 atom stereocenters. The van der Waals surface area contributed by atoms with Crippen LogP contribution in [0.1, 0.15) is 60.9 Å². The molecule has 7 nitrogen and oxygen atoms in total. The van der Waals surface area contributed by atoms with E-state index in [9.17, 15) is 14.4 Å². The summed E-state index contributed by atoms with van der Waals surface area (Å²) in [5.41, 5.74) is 3.26. The van der Waals surface area contributed by atoms with Gasteiger partial charge in [0.2, 0.25) is 5.91 Å². The smallest absolute Gasteiger partial charge is 0.303 e. The summed E-state index contributed by atoms with van der Waals surface area (Å²) in [6, 6.07) is 23.5. The number of ether oxygens (including phenoxy) is 1. The van der Waals surface area contributed by atoms with Crippen molar-refractivity contribution in [2.75, 3.05) is 6.61 Å². The second-order valence-corrected chi connectivity index (χ2v) is 10.1. The van der Waals surface area contributed by atoms with Gasteiger partial charge in [0.05, 0.1) is 6.61 Å². The van der Waals surface area contributed by atoms with Gasteiger partial charge in [-0.05, 0) is 66.1 Å². The molecule has 39 heavy (non-hydrogen) atoms. The normalized spacial score (nSPS) is 14.3. The maximum atomic E-state index is 12.9. The average molecular weight is 529 g/mol. The fraction of sp³-hybridized carbons (Fsp3) is 0.344. The van der Waals surface area contributed by atoms with Crippen LogP contribution >= 0.6 is 0 Å². The lowest BCUT2D eigenvalue weighted by Crippen LogP contribution is -2.46. The summed E-state index contributed by atoms with van der Waals surface area (Å²) in [5.74, 6) is -0.372. The summed E-state index contributed by atoms with van der Waals surface area (Å²) < 4.78 is 6.00. The minimum absolute atomic E-state index is 0.00501. The van der Waals surface area contributed by atoms with Gasteiger partial charge in [0.25, 0.3) is 5.91 Å². The van der Waals surface area contributed by atoms with E-state index >= 15 is 0 Å². The fourth-order valence-corrected chi connectivity index (χ4v) is 4.81. The van der Waals surface area contributed by atoms with Gasteiger partial charge in [-0.3, -0.25) is 14.4 Å². The highest BCUT2D eigenvalue weighted by atomic mass is 16.5. The predicted molar refractivity (Wildman–Crippen MR) is 150 cm³/mol. The van der Waals surface area contributed by atoms with Gasteiger partial charge in [-0.25, -0.2) is 0 Å². The molecule has 0 aromatic heterocycles. The minimum Gasteiger partial charge on any atom is -0.493 e. The van der Waals surface area contributed by atoms with E-state index in [2.05, 4.69) is 10.6 Å². The Balaban J connectivity index is 1.33. The highest BCUT2D eigenvalue weighted by molar-refractivity contribution is 5.98. The summed E-state index contributed by atoms with van der Waals surface area (Å²) in [6.45, 7) is 1.05. The van der Waals surface area contributed by atoms with Gasteiger partial charge in [-0.1, -0.05) is 73.9 Å². The van der Waals surface area contributed by atoms with E-state index in [-0.39, 0.29) is 19.4 Å². The lowest BCUT2D eigenvalue weighted by molar-refractivity contribution is -0.137. The standard InChI is InChI=1S/C32H36N2O5/c35-30(36)20-19-29(32(38)33-21-23-7-3-1-4-8-23)34-31(37)27-13-11-25(12-14-27)26-15-17-28(18-16-26)39-22-24-9-5-2-6-10-24/h1,3-4,7-8,11-18,24,29H,2,5-6,9-10,19-22H2,(H,33,38)(H,34,37)(H,35,36)/t29-/m0/s1. The number of carbonyl (C=O) groups excluding carboxylic acids is 2. The Kier molecular flexibility index (Phi) is 10.1. The first-order chi connectivity index (χ1) is 19.0. The van der Waals surface area contributed by atoms with E-state index in [4.69, 9.17) is 9.84 Å². The highest BCUT2D eigenvalue weighted by Gasteiger charge is 2.22. The zero-order chi connectivity index (χ0) is 27.5. The van der Waals surface area contributed by atoms with Crippen LogP contribution in [0.4, 0.5) is 0 Å². The summed E-state index contributed by atoms with van der Waals surface area (Å²) in [4.78, 5) is 36.8. The second kappa shape index (κ2) is 14.1. The van der Waals surface area contributed by atoms with Crippen LogP contribution in [-0.2, 0) is 16.1 Å². The molecule has 0 spiro atoms. The number of carbonyl (C=O) groups is 3. The van der Waals surface area contributed by atoms with E-state index in [1.807, 2.05) is 66.7 Å². The molecular weight excluding hydrogens is 492 g/mol. The van der Waals surface area contributed by atoms with Crippen molar-refractivity contribution in [3.8, 4) is 16.9 Å². The molecular formula is C32H36N2O5. The van der Waals surface area contributed by atoms with Gasteiger partial charge >= 0.3 is 5.97 Å². The molecule has 3 aromatic rings. The number of nitrogens with one attached hydrogen (secondary N) is 2. The average Bonchev–Trinajstić information content (AvgIpc) is 2.98. The Morgan fingerprint density at radius 3 is 2.13 bits per heavy atom. The van der Waals surface area contributed by atoms with Crippen molar-refractivity contribution in [3.05, 3.63) is 90.0 Å². The first-order valence-electron chi connectivity index (χ1n) is 13.7. The largest absolute Gasteiger partial charge is 0.493 e. The molecule has 0 unspecified atom stereocenters. The summed E-state index contributed by atoms with van der Waals surface area (Å²) in [6.07, 6.45) is 6.18. The van der Waals surface area contributed by atoms with E-state index in [1.54, 1.807) is 12.1 Å². The zero-order valence-electron chi connectivity index (χ0n) is 22.1. The van der Waals surface area contributed by atoms with Crippen molar-refractivity contribution in [1.82, 2.24) is 10.6 Å². The first kappa shape index (κ1) is 27.9. The van der Waals surface area contributed by atoms with Gasteiger partial charge in [-0.15, -0.1) is 0 Å². The molecule has 1 saturated carbocycles. The van der Waals surface area contributed by atoms with E-state index < -0.39 is 23.8 Å². The molecule has 0 aliphatic heterocycles. The van der Waals surface area contributed by atoms with Crippen molar-refractivity contribution >= 4 is 17.8 Å². The molecule has 2 amide bonds. The molecule has 1 aliphatic rings. The SMILES string of the molecule is O=C(O)CC[C@H](NC(=O)c1ccc(-c2ccc(OCC3CCCCC3)cc2)cc1)C(=O)NCc1ccccc1. The van der Waals surface area contributed by atoms with Crippen LogP contribution in [-0.4, -0.2) is 35.5 Å². The molecule has 3 aromatic carbocycles. The number of rotatable bonds is 12. The first-order valence-corrected chi connectivity index (χ1v) is 13.7. The maximum Gasteiger partial charge on any atom is 0.303 e. The summed E-state index contributed by atoms with van der Waals surface area (Å²) in [7, 11) is 0. The molecule has 4 rings (SSSR count). The molecule has 0 heterocycles. The quantitative estimate of drug-likeness (QED) is 0.284. The zero-order valence-corrected chi connectivity index (χ0v) is 22.1. The van der Waals surface area contributed by atoms with E-state index in [0.29, 0.717) is 11.5 Å². The molecule has 0 radical (unpaired) electrons. The minimum atomic E-state index is -1.03. The topological polar surface area (TPSA) is 105 Å². The number of hydrogen-bond donors (Lipinski definition) is 3. The monoisotopic (exact) mass is 528 g/mol. The molecule has 0 saturated heterocycles. The number of aliphatic carboxylic acids is 1. The van der Waals surface area contributed by atoms with Crippen LogP contribution < -0.4 is 15.4 Å². The molecule has 7 heteroatoms. The van der Waals surface area contributed by atoms with Crippen LogP contribution in [0.25, 0.3) is 11.1 Å². The Labute approximate surface area is 229 Å². The van der Waals surface area contributed by atoms with Gasteiger partial charge in [0.15, 0.2) is 0 Å². The van der Waals surface area contributed by atoms with Crippen molar-refractivity contribution in [1.29, 1.82) is 0 Å². The lowest BCUT2D eigenvalue weighted by atomic mass is 9.90. The van der Waals surface area contributed by atoms with Crippen molar-refractivity contribution in [2.24, 2.45) is 5.92 Å². The third kappa shape index (κ3) is 8.70. The molecule has 3 N–H and O–H groups in total. The van der Waals surface area contributed by atoms with Crippen molar-refractivity contribution in [2.45, 2.75) is 57.5 Å². The molecule has 0 bridgehead atoms. The number of benzene rings is 3. The van der Waals surface area contributed by atoms with Gasteiger partial charge in [-0.2, -0.15) is 0 Å². The Morgan fingerprint density at radius 2 is 1.49 bits per heavy atom. The van der Waals surface area contributed by atoms with Crippen molar-refractivity contribution in [3.63, 3.8) is 0 Å². The van der Waals surface area contributed by atoms with Crippen LogP contribution in [0.5, 0.6) is 5.75 Å². The fourth-order valence-electron chi connectivity index (χ4n) is 4.81. The van der Waals surface area contributed by atoms with Crippen LogP contribution in [0, 0.1) is 5.92 Å². The third-order valence-corrected chi connectivity index (χ3v) is 7.12. The van der Waals surface area contributed by atoms with Crippen molar-refractivity contribution < 1.29 is 24.2 Å². The highest BCUT2D eigenvalue weighted by Crippen LogP contribution is 2.26. The van der Waals surface area contributed by atoms with E-state index in [0.717, 1.165) is 29.0 Å². The molecule has 204 valence electrons. The maximum absolute atomic E-state index is 12.9. The number of carboxylic acid groups (broad SMARTS) is 1. The Morgan fingerprint density at radius 1 is 0.846 bits per heavy atom. The van der Waals surface area contributed by atoms with E-state index in [1.165, 1.54) is 32.1 Å². The Hall–Kier alpha value is -4.13. The second-order valence-electron chi connectivity index (χ2n) is 10.1. The summed E-state index contributed by atoms with van der Waals surface area (Å²) in [5, 5.41) is 14.6. The molecule has 1 fully saturated rings. The molecule has 1 aliphatic carbocycles. The Bertz CT molecular complexity index is 1220. The third-order valence-electron chi connectivity index (χ3n) is 7.12. The van der Waals surface area contributed by atoms with Crippen LogP contribution in [0.15, 0.2) is 78.9 Å². The number of amides is 2. The van der Waals surface area contributed by atoms with Crippen LogP contribution in [0.3, 0.4) is 0 Å². The summed E-state index contributed by atoms with van der Waals surface area (Å²) >= 11 is 0. The van der Waals surface area contributed by atoms with Gasteiger partial charge in [0, 0.05) is 18.5 Å². The lowest BCUT2D eigenvalue weighted by Gasteiger charge is -2.21. The number of carboxylic acids is 1. The van der Waals surface area contributed by atoms with Crippen LogP contribution in [0.2, 0.25) is 0 Å². The van der Waals surface area contributed by atoms with Gasteiger partial charge < -0.3 is 20.5 Å². The number of hydrogen-bond acceptors (Lipinski definition) is 4. The van der Waals surface area contributed by atoms with Gasteiger partial charge in [0.1, 0.15) is 11.8 Å². The predicted octanol–water partition coefficient (Wildman–Crippen LogP) is 5.59.